The standard InChI is InChI=1S/C25H21N5O6.C23H18N4O5.CH4/c1-13(36-25(33)26-2)29-12-18(15-6-4-5-7-19(15)29)22-21(23(31)27-24(22)32)17-11-28(3)20-10-14(30(34)35)8-9-16(17)20;1-12(28)26-11-17(14-5-3-4-6-18(14)26)21-20(22(29)24-23(21)30)16-10-25(2)19-9-13(27(31)32)7-8-15(16)19;/h4-13H,1-3H3,(H,26,33)(H,27,31,32);3-12,28H,1-2H3,(H,24,29,30);1H4. The number of alkyl carbamates (subject to hydrolysis) is 1. The summed E-state index contributed by atoms with van der Waals surface area (Å²) in [6, 6.07) is 23.4. The van der Waals surface area contributed by atoms with Gasteiger partial charge in [0.05, 0.1) is 54.2 Å². The Morgan fingerprint density at radius 3 is 1.35 bits per heavy atom. The molecule has 4 aromatic heterocycles. The second kappa shape index (κ2) is 17.6. The molecule has 0 aliphatic carbocycles. The van der Waals surface area contributed by atoms with Gasteiger partial charge in [-0.3, -0.25) is 50.0 Å². The number of para-hydroxylation sites is 2. The number of aliphatic hydroxyl groups excluding tert-OH is 1. The number of aliphatic hydroxyl groups is 1. The molecule has 5 amide bonds. The average molecular weight is 934 g/mol. The van der Waals surface area contributed by atoms with E-state index in [1.165, 1.54) is 31.3 Å². The lowest BCUT2D eigenvalue weighted by molar-refractivity contribution is -0.384. The van der Waals surface area contributed by atoms with Crippen LogP contribution in [0.5, 0.6) is 0 Å². The van der Waals surface area contributed by atoms with E-state index >= 15 is 0 Å². The summed E-state index contributed by atoms with van der Waals surface area (Å²) in [5.41, 5.74) is 5.16. The molecule has 350 valence electrons. The van der Waals surface area contributed by atoms with Crippen LogP contribution in [-0.2, 0) is 38.0 Å². The highest BCUT2D eigenvalue weighted by Gasteiger charge is 2.37. The van der Waals surface area contributed by atoms with E-state index in [4.69, 9.17) is 4.74 Å². The second-order valence-electron chi connectivity index (χ2n) is 16.1. The fourth-order valence-corrected chi connectivity index (χ4v) is 9.00. The van der Waals surface area contributed by atoms with Gasteiger partial charge in [-0.05, 0) is 38.1 Å². The van der Waals surface area contributed by atoms with E-state index in [0.29, 0.717) is 55.0 Å². The van der Waals surface area contributed by atoms with Crippen LogP contribution in [0, 0.1) is 20.2 Å². The number of amides is 5. The van der Waals surface area contributed by atoms with Gasteiger partial charge in [0, 0.05) is 114 Å². The molecule has 0 saturated heterocycles. The van der Waals surface area contributed by atoms with Crippen molar-refractivity contribution in [2.45, 2.75) is 33.7 Å². The molecule has 0 spiro atoms. The maximum Gasteiger partial charge on any atom is 0.408 e. The molecule has 6 heterocycles. The van der Waals surface area contributed by atoms with Gasteiger partial charge in [-0.15, -0.1) is 0 Å². The van der Waals surface area contributed by atoms with Crippen LogP contribution >= 0.6 is 0 Å². The van der Waals surface area contributed by atoms with Crippen molar-refractivity contribution in [1.29, 1.82) is 0 Å². The number of hydrogen-bond donors (Lipinski definition) is 4. The van der Waals surface area contributed by atoms with Crippen LogP contribution in [0.4, 0.5) is 16.2 Å². The molecule has 2 aliphatic heterocycles. The van der Waals surface area contributed by atoms with Gasteiger partial charge >= 0.3 is 6.09 Å². The maximum atomic E-state index is 13.1. The first-order chi connectivity index (χ1) is 32.5. The molecule has 0 saturated carbocycles. The molecule has 2 unspecified atom stereocenters. The van der Waals surface area contributed by atoms with Crippen molar-refractivity contribution in [1.82, 2.24) is 34.2 Å². The Bertz CT molecular complexity index is 3620. The van der Waals surface area contributed by atoms with Gasteiger partial charge in [0.2, 0.25) is 0 Å². The van der Waals surface area contributed by atoms with Crippen LogP contribution < -0.4 is 16.0 Å². The molecule has 0 bridgehead atoms. The summed E-state index contributed by atoms with van der Waals surface area (Å²) in [4.78, 5) is 85.3. The molecule has 20 heteroatoms. The molecule has 8 aromatic rings. The van der Waals surface area contributed by atoms with Gasteiger partial charge in [-0.1, -0.05) is 43.8 Å². The van der Waals surface area contributed by atoms with Gasteiger partial charge in [-0.2, -0.15) is 0 Å². The number of carbonyl (C=O) groups excluding carboxylic acids is 5. The number of non-ortho nitro benzene ring substituents is 2. The number of nitrogens with zero attached hydrogens (tertiary/aromatic N) is 6. The predicted molar refractivity (Wildman–Crippen MR) is 257 cm³/mol. The Morgan fingerprint density at radius 1 is 0.594 bits per heavy atom. The summed E-state index contributed by atoms with van der Waals surface area (Å²) in [5, 5.41) is 42.5. The van der Waals surface area contributed by atoms with Crippen LogP contribution in [0.1, 0.15) is 56.0 Å². The number of benzene rings is 4. The first-order valence-corrected chi connectivity index (χ1v) is 20.9. The zero-order valence-corrected chi connectivity index (χ0v) is 36.8. The summed E-state index contributed by atoms with van der Waals surface area (Å²) in [5.74, 6) is -2.19. The van der Waals surface area contributed by atoms with Gasteiger partial charge in [0.25, 0.3) is 35.0 Å². The monoisotopic (exact) mass is 933 g/mol. The van der Waals surface area contributed by atoms with Crippen molar-refractivity contribution in [3.63, 3.8) is 0 Å². The van der Waals surface area contributed by atoms with E-state index in [-0.39, 0.29) is 41.1 Å². The van der Waals surface area contributed by atoms with E-state index in [1.807, 2.05) is 48.5 Å². The Morgan fingerprint density at radius 2 is 0.957 bits per heavy atom. The minimum atomic E-state index is -0.837. The van der Waals surface area contributed by atoms with Crippen molar-refractivity contribution in [3.8, 4) is 0 Å². The quantitative estimate of drug-likeness (QED) is 0.0637. The number of ether oxygens (including phenoxy) is 1. The molecule has 4 aromatic carbocycles. The molecular formula is C49H43N9O11. The fourth-order valence-electron chi connectivity index (χ4n) is 9.00. The summed E-state index contributed by atoms with van der Waals surface area (Å²) in [6.07, 6.45) is 4.57. The molecule has 20 nitrogen and oxygen atoms in total. The number of nitrogens with one attached hydrogen (secondary N) is 3. The van der Waals surface area contributed by atoms with E-state index in [1.54, 1.807) is 83.1 Å². The van der Waals surface area contributed by atoms with Gasteiger partial charge in [0.1, 0.15) is 6.23 Å². The van der Waals surface area contributed by atoms with Gasteiger partial charge in [0.15, 0.2) is 6.23 Å². The largest absolute Gasteiger partial charge is 0.425 e. The number of aryl methyl sites for hydroxylation is 2. The minimum Gasteiger partial charge on any atom is -0.425 e. The topological polar surface area (TPSA) is 257 Å². The third-order valence-corrected chi connectivity index (χ3v) is 12.1. The van der Waals surface area contributed by atoms with E-state index in [0.717, 1.165) is 10.9 Å². The lowest BCUT2D eigenvalue weighted by Crippen LogP contribution is -2.23. The minimum absolute atomic E-state index is 0. The maximum absolute atomic E-state index is 13.1. The smallest absolute Gasteiger partial charge is 0.408 e. The number of carbonyl (C=O) groups is 5. The normalized spacial score (nSPS) is 14.5. The van der Waals surface area contributed by atoms with E-state index in [9.17, 15) is 49.3 Å². The lowest BCUT2D eigenvalue weighted by atomic mass is 9.95. The van der Waals surface area contributed by atoms with Gasteiger partial charge in [-0.25, -0.2) is 4.79 Å². The van der Waals surface area contributed by atoms with Crippen molar-refractivity contribution in [3.05, 3.63) is 152 Å². The number of nitro benzene ring substituents is 2. The first-order valence-electron chi connectivity index (χ1n) is 20.9. The summed E-state index contributed by atoms with van der Waals surface area (Å²) >= 11 is 0. The zero-order chi connectivity index (χ0) is 48.5. The first kappa shape index (κ1) is 46.4. The van der Waals surface area contributed by atoms with Crippen molar-refractivity contribution in [2.24, 2.45) is 14.1 Å². The molecule has 2 aliphatic rings. The Balaban J connectivity index is 0.000000185. The third-order valence-electron chi connectivity index (χ3n) is 12.1. The van der Waals surface area contributed by atoms with Gasteiger partial charge < -0.3 is 33.4 Å². The Kier molecular flexibility index (Phi) is 11.8. The van der Waals surface area contributed by atoms with E-state index < -0.39 is 52.0 Å². The molecule has 10 rings (SSSR count). The highest BCUT2D eigenvalue weighted by molar-refractivity contribution is 6.51. The molecule has 4 N–H and O–H groups in total. The Hall–Kier alpha value is -9.17. The summed E-state index contributed by atoms with van der Waals surface area (Å²) in [6.45, 7) is 3.31. The predicted octanol–water partition coefficient (Wildman–Crippen LogP) is 7.24. The number of aromatic nitrogens is 4. The molecule has 2 atom stereocenters. The number of rotatable bonds is 9. The average Bonchev–Trinajstić information content (AvgIpc) is 4.15. The van der Waals surface area contributed by atoms with Crippen molar-refractivity contribution in [2.75, 3.05) is 7.05 Å². The van der Waals surface area contributed by atoms with Crippen molar-refractivity contribution < 1.29 is 43.7 Å². The highest BCUT2D eigenvalue weighted by Crippen LogP contribution is 2.42. The number of nitro groups is 2. The SMILES string of the molecule is C.CC(O)n1cc(C2=C(c3cn(C)c4cc([N+](=O)[O-])ccc34)C(=O)NC2=O)c2ccccc21.CNC(=O)OC(C)n1cc(C2=C(c3cn(C)c4cc([N+](=O)[O-])ccc34)C(=O)NC2=O)c2ccccc21. The molecule has 69 heavy (non-hydrogen) atoms. The molecule has 0 fully saturated rings. The Labute approximate surface area is 391 Å². The van der Waals surface area contributed by atoms with Crippen LogP contribution in [-0.4, -0.2) is 70.0 Å². The highest BCUT2D eigenvalue weighted by atomic mass is 16.6. The molecular weight excluding hydrogens is 891 g/mol. The zero-order valence-electron chi connectivity index (χ0n) is 36.8. The van der Waals surface area contributed by atoms with Crippen LogP contribution in [0.15, 0.2) is 110 Å². The summed E-state index contributed by atoms with van der Waals surface area (Å²) < 4.78 is 12.1. The fraction of sp³-hybridized carbons (Fsp3) is 0.163. The van der Waals surface area contributed by atoms with Crippen LogP contribution in [0.25, 0.3) is 65.9 Å². The second-order valence-corrected chi connectivity index (χ2v) is 16.1. The third kappa shape index (κ3) is 7.72. The van der Waals surface area contributed by atoms with E-state index in [2.05, 4.69) is 16.0 Å². The van der Waals surface area contributed by atoms with Crippen molar-refractivity contribution >= 4 is 107 Å². The number of imide groups is 2. The number of hydrogen-bond acceptors (Lipinski definition) is 11. The molecule has 0 radical (unpaired) electrons. The lowest BCUT2D eigenvalue weighted by Gasteiger charge is -2.15. The summed E-state index contributed by atoms with van der Waals surface area (Å²) in [7, 11) is 4.90. The van der Waals surface area contributed by atoms with Crippen LogP contribution in [0.3, 0.4) is 0 Å². The number of fused-ring (bicyclic) bond motifs is 4. The van der Waals surface area contributed by atoms with Crippen LogP contribution in [0.2, 0.25) is 0 Å².